The second kappa shape index (κ2) is 31.4. The Bertz CT molecular complexity index is 103. The second-order valence-corrected chi connectivity index (χ2v) is 1.22. The zero-order valence-electron chi connectivity index (χ0n) is 4.31. The third-order valence-electron chi connectivity index (χ3n) is 0. The lowest BCUT2D eigenvalue weighted by Crippen LogP contribution is -1.91. The highest BCUT2D eigenvalue weighted by Crippen LogP contribution is 1.57. The average Bonchev–Trinajstić information content (AvgIpc) is 1.96. The number of hydrogen-bond acceptors (Lipinski definition) is 4. The molecule has 0 unspecified atom stereocenters. The van der Waals surface area contributed by atoms with E-state index in [0.29, 0.717) is 0 Å². The fourth-order valence-electron chi connectivity index (χ4n) is 0. The Kier molecular flexibility index (Phi) is 78.7. The van der Waals surface area contributed by atoms with Crippen LogP contribution in [-0.4, -0.2) is 17.5 Å². The Hall–Kier alpha value is -0.550. The highest BCUT2D eigenvalue weighted by Gasteiger charge is 1.49. The maximum atomic E-state index is 8.52. The summed E-state index contributed by atoms with van der Waals surface area (Å²) >= 11 is 0. The molecule has 0 aromatic carbocycles. The molecule has 0 aromatic rings. The molecule has 0 aliphatic heterocycles. The zero-order chi connectivity index (χ0) is 10.5. The monoisotopic (exact) mass is 226 g/mol. The molecule has 0 saturated heterocycles. The molecule has 0 atom stereocenters. The third kappa shape index (κ3) is 2230. The second-order valence-electron chi connectivity index (χ2n) is 0.408. The van der Waals surface area contributed by atoms with Crippen LogP contribution in [0.3, 0.4) is 0 Å². The zero-order valence-corrected chi connectivity index (χ0v) is 5.13. The van der Waals surface area contributed by atoms with E-state index in [-0.39, 0.29) is 7.43 Å². The molecule has 0 radical (unpaired) electrons. The van der Waals surface area contributed by atoms with Crippen LogP contribution >= 0.6 is 0 Å². The van der Waals surface area contributed by atoms with E-state index in [1.54, 1.807) is 0 Å². The van der Waals surface area contributed by atoms with E-state index in [1.807, 2.05) is 0 Å². The molecule has 0 aromatic heterocycles. The van der Waals surface area contributed by atoms with Crippen molar-refractivity contribution in [2.24, 2.45) is 0 Å². The van der Waals surface area contributed by atoms with E-state index >= 15 is 0 Å². The van der Waals surface area contributed by atoms with Crippen molar-refractivity contribution in [2.75, 3.05) is 0 Å². The summed E-state index contributed by atoms with van der Waals surface area (Å²) in [4.78, 5) is 0. The molecule has 12 heavy (non-hydrogen) atoms. The van der Waals surface area contributed by atoms with Crippen LogP contribution in [0.5, 0.6) is 0 Å². The molecule has 0 aliphatic carbocycles. The first-order chi connectivity index (χ1) is 5.00. The molecule has 0 aliphatic rings. The fraction of sp³-hybridized carbons (Fsp3) is 1.00. The molecule has 0 N–H and O–H groups in total. The van der Waals surface area contributed by atoms with Crippen molar-refractivity contribution < 1.29 is 45.0 Å². The first kappa shape index (κ1) is 30.1. The summed E-state index contributed by atoms with van der Waals surface area (Å²) in [6.45, 7) is 0. The van der Waals surface area contributed by atoms with Crippen LogP contribution in [0.4, 0.5) is 27.4 Å². The van der Waals surface area contributed by atoms with E-state index in [2.05, 4.69) is 0 Å². The molecule has 0 fully saturated rings. The van der Waals surface area contributed by atoms with Gasteiger partial charge in [-0.1, -0.05) is 7.43 Å². The SMILES string of the molecule is C.FF.FF.FF.O=S(=O)([O-])[O-]. The van der Waals surface area contributed by atoms with Crippen molar-refractivity contribution in [3.05, 3.63) is 0 Å². The van der Waals surface area contributed by atoms with Gasteiger partial charge in [0.2, 0.25) is 0 Å². The van der Waals surface area contributed by atoms with Crippen LogP contribution in [0.15, 0.2) is 0 Å². The summed E-state index contributed by atoms with van der Waals surface area (Å²) in [5.41, 5.74) is 0. The minimum Gasteiger partial charge on any atom is -0.759 e. The topological polar surface area (TPSA) is 80.3 Å². The van der Waals surface area contributed by atoms with Crippen LogP contribution in [0.1, 0.15) is 7.43 Å². The summed E-state index contributed by atoms with van der Waals surface area (Å²) in [5.74, 6) is 0. The maximum Gasteiger partial charge on any atom is 0.0311 e. The van der Waals surface area contributed by atoms with Gasteiger partial charge in [0.25, 0.3) is 0 Å². The quantitative estimate of drug-likeness (QED) is 0.358. The standard InChI is InChI=1S/CH4.3F2.H2O4S/c;3*1-2;1-5(2,3)4/h1H4;;;;(H2,1,2,3,4)/p-2. The highest BCUT2D eigenvalue weighted by molar-refractivity contribution is 7.79. The summed E-state index contributed by atoms with van der Waals surface area (Å²) in [6.07, 6.45) is 0. The first-order valence-corrected chi connectivity index (χ1v) is 2.43. The van der Waals surface area contributed by atoms with Crippen LogP contribution in [-0.2, 0) is 10.4 Å². The van der Waals surface area contributed by atoms with Crippen LogP contribution in [0.2, 0.25) is 0 Å². The Morgan fingerprint density at radius 1 is 0.750 bits per heavy atom. The minimum absolute atomic E-state index is 0. The Balaban J connectivity index is -0.0000000203. The smallest absolute Gasteiger partial charge is 0.0311 e. The van der Waals surface area contributed by atoms with Gasteiger partial charge in [0.05, 0.1) is 0 Å². The lowest BCUT2D eigenvalue weighted by Gasteiger charge is -2.06. The normalized spacial score (nSPS) is 6.33. The van der Waals surface area contributed by atoms with Gasteiger partial charge in [-0.05, 0) is 0 Å². The van der Waals surface area contributed by atoms with Gasteiger partial charge in [0, 0.05) is 37.8 Å². The van der Waals surface area contributed by atoms with Gasteiger partial charge >= 0.3 is 0 Å². The number of halogens is 6. The number of hydrogen-bond donors (Lipinski definition) is 0. The molecule has 0 amide bonds. The Morgan fingerprint density at radius 3 is 0.750 bits per heavy atom. The van der Waals surface area contributed by atoms with Crippen molar-refractivity contribution in [3.8, 4) is 0 Å². The van der Waals surface area contributed by atoms with Crippen LogP contribution in [0.25, 0.3) is 0 Å². The predicted octanol–water partition coefficient (Wildman–Crippen LogP) is 1.82. The average molecular weight is 226 g/mol. The fourth-order valence-corrected chi connectivity index (χ4v) is 0. The van der Waals surface area contributed by atoms with Gasteiger partial charge < -0.3 is 9.11 Å². The van der Waals surface area contributed by atoms with Crippen LogP contribution in [0, 0.1) is 0 Å². The summed E-state index contributed by atoms with van der Waals surface area (Å²) in [5, 5.41) is 0. The molecule has 0 bridgehead atoms. The van der Waals surface area contributed by atoms with E-state index in [9.17, 15) is 0 Å². The van der Waals surface area contributed by atoms with E-state index in [0.717, 1.165) is 0 Å². The van der Waals surface area contributed by atoms with Gasteiger partial charge in [0.1, 0.15) is 0 Å². The molecule has 0 rings (SSSR count). The lowest BCUT2D eigenvalue weighted by molar-refractivity contribution is 0.108. The molecule has 4 nitrogen and oxygen atoms in total. The Morgan fingerprint density at radius 2 is 0.750 bits per heavy atom. The minimum atomic E-state index is -5.17. The Labute approximate surface area is 64.0 Å². The molecule has 0 heterocycles. The summed E-state index contributed by atoms with van der Waals surface area (Å²) in [7, 11) is -5.17. The van der Waals surface area contributed by atoms with Gasteiger partial charge in [0.15, 0.2) is 0 Å². The van der Waals surface area contributed by atoms with E-state index in [4.69, 9.17) is 45.0 Å². The molecular formula is CH4F6O4S-2. The lowest BCUT2D eigenvalue weighted by atomic mass is 12.0. The molecular weight excluding hydrogens is 222 g/mol. The molecule has 82 valence electrons. The predicted molar refractivity (Wildman–Crippen MR) is 23.9 cm³/mol. The van der Waals surface area contributed by atoms with Gasteiger partial charge in [-0.25, -0.2) is 0 Å². The van der Waals surface area contributed by atoms with Gasteiger partial charge in [-0.3, -0.25) is 8.42 Å². The van der Waals surface area contributed by atoms with Crippen molar-refractivity contribution in [3.63, 3.8) is 0 Å². The molecule has 0 spiro atoms. The van der Waals surface area contributed by atoms with Crippen molar-refractivity contribution in [2.45, 2.75) is 7.43 Å². The highest BCUT2D eigenvalue weighted by atomic mass is 32.3. The summed E-state index contributed by atoms with van der Waals surface area (Å²) < 4.78 is 82.1. The first-order valence-electron chi connectivity index (χ1n) is 1.10. The largest absolute Gasteiger partial charge is 0.759 e. The van der Waals surface area contributed by atoms with Crippen LogP contribution < -0.4 is 0 Å². The van der Waals surface area contributed by atoms with E-state index in [1.165, 1.54) is 0 Å². The van der Waals surface area contributed by atoms with Crippen molar-refractivity contribution in [1.82, 2.24) is 0 Å². The number of rotatable bonds is 0. The van der Waals surface area contributed by atoms with Crippen molar-refractivity contribution >= 4 is 10.4 Å². The van der Waals surface area contributed by atoms with Gasteiger partial charge in [-0.15, -0.1) is 0 Å². The molecule has 0 saturated carbocycles. The maximum absolute atomic E-state index is 8.52. The molecule has 11 heteroatoms. The third-order valence-corrected chi connectivity index (χ3v) is 0. The van der Waals surface area contributed by atoms with E-state index < -0.39 is 10.4 Å². The van der Waals surface area contributed by atoms with Crippen molar-refractivity contribution in [1.29, 1.82) is 0 Å². The van der Waals surface area contributed by atoms with Gasteiger partial charge in [-0.2, -0.15) is 0 Å². The summed E-state index contributed by atoms with van der Waals surface area (Å²) in [6, 6.07) is 0.